The summed E-state index contributed by atoms with van der Waals surface area (Å²) in [6.07, 6.45) is 9.10. The molecule has 1 nitrogen and oxygen atoms in total. The van der Waals surface area contributed by atoms with Gasteiger partial charge in [-0.25, -0.2) is 0 Å². The van der Waals surface area contributed by atoms with Crippen molar-refractivity contribution in [2.45, 2.75) is 63.4 Å². The highest BCUT2D eigenvalue weighted by atomic mass is 32.1. The lowest BCUT2D eigenvalue weighted by Crippen LogP contribution is -2.55. The van der Waals surface area contributed by atoms with E-state index in [1.54, 1.807) is 0 Å². The molecule has 0 spiro atoms. The van der Waals surface area contributed by atoms with Crippen LogP contribution in [0.3, 0.4) is 0 Å². The molecule has 4 fully saturated rings. The van der Waals surface area contributed by atoms with Crippen LogP contribution in [0.2, 0.25) is 0 Å². The highest BCUT2D eigenvalue weighted by Gasteiger charge is 2.55. The van der Waals surface area contributed by atoms with Gasteiger partial charge in [-0.2, -0.15) is 12.6 Å². The molecule has 1 aromatic rings. The molecule has 4 aliphatic carbocycles. The Balaban J connectivity index is 1.45. The first kappa shape index (κ1) is 13.9. The van der Waals surface area contributed by atoms with Crippen molar-refractivity contribution >= 4 is 12.6 Å². The van der Waals surface area contributed by atoms with Crippen molar-refractivity contribution in [3.8, 4) is 0 Å². The number of nitrogens with zero attached hydrogens (tertiary/aromatic N) is 1. The maximum absolute atomic E-state index is 5.00. The minimum atomic E-state index is 0.305. The average Bonchev–Trinajstić information content (AvgIpc) is 2.83. The van der Waals surface area contributed by atoms with Crippen LogP contribution in [-0.4, -0.2) is 10.9 Å². The van der Waals surface area contributed by atoms with Crippen molar-refractivity contribution in [3.63, 3.8) is 0 Å². The summed E-state index contributed by atoms with van der Waals surface area (Å²) in [6.45, 7) is 3.62. The Bertz CT molecular complexity index is 560. The number of fused-ring (bicyclic) bond motifs is 1. The van der Waals surface area contributed by atoms with E-state index in [1.165, 1.54) is 49.7 Å². The second kappa shape index (κ2) is 4.77. The Hall–Kier alpha value is -0.470. The Kier molecular flexibility index (Phi) is 3.02. The smallest absolute Gasteiger partial charge is 0.0793 e. The number of thiol groups is 1. The van der Waals surface area contributed by atoms with Crippen LogP contribution in [0.1, 0.15) is 61.9 Å². The van der Waals surface area contributed by atoms with E-state index in [0.717, 1.165) is 24.3 Å². The van der Waals surface area contributed by atoms with Crippen LogP contribution in [0, 0.1) is 23.2 Å². The number of hydrogen-bond acceptors (Lipinski definition) is 2. The van der Waals surface area contributed by atoms with E-state index in [1.807, 2.05) is 0 Å². The van der Waals surface area contributed by atoms with E-state index >= 15 is 0 Å². The molecular formula is C20H27NS. The van der Waals surface area contributed by atoms with Gasteiger partial charge in [0.1, 0.15) is 0 Å². The van der Waals surface area contributed by atoms with Gasteiger partial charge in [0.15, 0.2) is 0 Å². The second-order valence-electron chi connectivity index (χ2n) is 8.70. The standard InChI is InChI=1S/C20H27NS/c1-13(21-12-17-4-2-3-5-18(17)19(21)22)20-9-14-6-15(10-20)8-16(7-14)11-20/h2-5,13-16,19,22H,6-12H2,1H3. The first-order valence-corrected chi connectivity index (χ1v) is 9.68. The van der Waals surface area contributed by atoms with E-state index in [9.17, 15) is 0 Å². The monoisotopic (exact) mass is 313 g/mol. The number of hydrogen-bond donors (Lipinski definition) is 1. The van der Waals surface area contributed by atoms with Crippen molar-refractivity contribution in [2.75, 3.05) is 0 Å². The lowest BCUT2D eigenvalue weighted by atomic mass is 9.47. The molecule has 0 radical (unpaired) electrons. The lowest BCUT2D eigenvalue weighted by molar-refractivity contribution is -0.0983. The molecule has 1 aliphatic heterocycles. The molecule has 2 atom stereocenters. The van der Waals surface area contributed by atoms with E-state index in [4.69, 9.17) is 12.6 Å². The summed E-state index contributed by atoms with van der Waals surface area (Å²) in [4.78, 5) is 2.70. The molecule has 1 aromatic carbocycles. The number of benzene rings is 1. The second-order valence-corrected chi connectivity index (χ2v) is 9.19. The van der Waals surface area contributed by atoms with Gasteiger partial charge < -0.3 is 0 Å². The highest BCUT2D eigenvalue weighted by Crippen LogP contribution is 2.62. The van der Waals surface area contributed by atoms with Crippen LogP contribution in [0.25, 0.3) is 0 Å². The zero-order valence-corrected chi connectivity index (χ0v) is 14.4. The Labute approximate surface area is 139 Å². The van der Waals surface area contributed by atoms with Gasteiger partial charge in [0.25, 0.3) is 0 Å². The Morgan fingerprint density at radius 2 is 1.64 bits per heavy atom. The van der Waals surface area contributed by atoms with Crippen LogP contribution >= 0.6 is 12.6 Å². The zero-order chi connectivity index (χ0) is 14.9. The van der Waals surface area contributed by atoms with Crippen molar-refractivity contribution in [1.29, 1.82) is 0 Å². The molecule has 5 aliphatic rings. The Morgan fingerprint density at radius 3 is 2.23 bits per heavy atom. The fourth-order valence-electron chi connectivity index (χ4n) is 6.78. The molecule has 2 heteroatoms. The SMILES string of the molecule is CC(N1Cc2ccccc2C1S)C12CC3CC(CC(C3)C1)C2. The summed E-state index contributed by atoms with van der Waals surface area (Å²) < 4.78 is 0. The van der Waals surface area contributed by atoms with Crippen LogP contribution in [0.5, 0.6) is 0 Å². The molecule has 2 unspecified atom stereocenters. The van der Waals surface area contributed by atoms with Gasteiger partial charge in [0.05, 0.1) is 5.37 Å². The molecule has 22 heavy (non-hydrogen) atoms. The van der Waals surface area contributed by atoms with Crippen molar-refractivity contribution in [1.82, 2.24) is 4.90 Å². The molecule has 0 saturated heterocycles. The van der Waals surface area contributed by atoms with Gasteiger partial charge in [-0.15, -0.1) is 0 Å². The predicted molar refractivity (Wildman–Crippen MR) is 93.8 cm³/mol. The molecule has 118 valence electrons. The molecule has 4 saturated carbocycles. The predicted octanol–water partition coefficient (Wildman–Crippen LogP) is 5.04. The van der Waals surface area contributed by atoms with Crippen molar-refractivity contribution in [3.05, 3.63) is 35.4 Å². The minimum Gasteiger partial charge on any atom is -0.280 e. The first-order valence-electron chi connectivity index (χ1n) is 9.16. The molecule has 4 bridgehead atoms. The molecule has 0 N–H and O–H groups in total. The highest BCUT2D eigenvalue weighted by molar-refractivity contribution is 7.80. The third kappa shape index (κ3) is 1.89. The minimum absolute atomic E-state index is 0.305. The van der Waals surface area contributed by atoms with Gasteiger partial charge >= 0.3 is 0 Å². The summed E-state index contributed by atoms with van der Waals surface area (Å²) in [5.41, 5.74) is 3.54. The van der Waals surface area contributed by atoms with Gasteiger partial charge in [-0.1, -0.05) is 24.3 Å². The molecule has 0 aromatic heterocycles. The topological polar surface area (TPSA) is 3.24 Å². The van der Waals surface area contributed by atoms with E-state index < -0.39 is 0 Å². The van der Waals surface area contributed by atoms with Gasteiger partial charge in [-0.05, 0) is 79.7 Å². The summed E-state index contributed by atoms with van der Waals surface area (Å²) >= 11 is 5.00. The maximum atomic E-state index is 5.00. The molecule has 1 heterocycles. The van der Waals surface area contributed by atoms with E-state index in [0.29, 0.717) is 16.8 Å². The zero-order valence-electron chi connectivity index (χ0n) is 13.5. The van der Waals surface area contributed by atoms with E-state index in [-0.39, 0.29) is 0 Å². The first-order chi connectivity index (χ1) is 10.6. The third-order valence-corrected chi connectivity index (χ3v) is 8.04. The molecule has 6 rings (SSSR count). The summed E-state index contributed by atoms with van der Waals surface area (Å²) in [6, 6.07) is 9.60. The molecular weight excluding hydrogens is 286 g/mol. The van der Waals surface area contributed by atoms with E-state index in [2.05, 4.69) is 36.1 Å². The van der Waals surface area contributed by atoms with Crippen LogP contribution < -0.4 is 0 Å². The quantitative estimate of drug-likeness (QED) is 0.749. The largest absolute Gasteiger partial charge is 0.280 e. The van der Waals surface area contributed by atoms with Crippen LogP contribution in [-0.2, 0) is 6.54 Å². The Morgan fingerprint density at radius 1 is 1.05 bits per heavy atom. The van der Waals surface area contributed by atoms with Gasteiger partial charge in [0.2, 0.25) is 0 Å². The summed E-state index contributed by atoms with van der Waals surface area (Å²) in [7, 11) is 0. The fourth-order valence-corrected chi connectivity index (χ4v) is 7.32. The van der Waals surface area contributed by atoms with Gasteiger partial charge in [0, 0.05) is 12.6 Å². The normalized spacial score (nSPS) is 44.3. The van der Waals surface area contributed by atoms with Crippen LogP contribution in [0.15, 0.2) is 24.3 Å². The average molecular weight is 314 g/mol. The summed E-state index contributed by atoms with van der Waals surface area (Å²) in [5.74, 6) is 3.12. The summed E-state index contributed by atoms with van der Waals surface area (Å²) in [5, 5.41) is 0.305. The van der Waals surface area contributed by atoms with Gasteiger partial charge in [-0.3, -0.25) is 4.90 Å². The fraction of sp³-hybridized carbons (Fsp3) is 0.700. The van der Waals surface area contributed by atoms with Crippen molar-refractivity contribution < 1.29 is 0 Å². The third-order valence-electron chi connectivity index (χ3n) is 7.47. The lowest BCUT2D eigenvalue weighted by Gasteiger charge is -2.60. The maximum Gasteiger partial charge on any atom is 0.0793 e. The molecule has 0 amide bonds. The number of rotatable bonds is 2. The van der Waals surface area contributed by atoms with Crippen molar-refractivity contribution in [2.24, 2.45) is 23.2 Å². The van der Waals surface area contributed by atoms with Crippen LogP contribution in [0.4, 0.5) is 0 Å².